The van der Waals surface area contributed by atoms with Gasteiger partial charge >= 0.3 is 0 Å². The summed E-state index contributed by atoms with van der Waals surface area (Å²) in [5.41, 5.74) is 3.63. The third-order valence-corrected chi connectivity index (χ3v) is 7.80. The number of hydrogen-bond donors (Lipinski definition) is 0. The molecule has 2 aliphatic rings. The summed E-state index contributed by atoms with van der Waals surface area (Å²) in [6.45, 7) is 4.17. The molecule has 0 radical (unpaired) electrons. The van der Waals surface area contributed by atoms with Crippen LogP contribution in [0.3, 0.4) is 0 Å². The summed E-state index contributed by atoms with van der Waals surface area (Å²) in [6, 6.07) is 25.5. The second kappa shape index (κ2) is 8.61. The van der Waals surface area contributed by atoms with Crippen LogP contribution < -0.4 is 9.47 Å². The van der Waals surface area contributed by atoms with Gasteiger partial charge in [0, 0.05) is 32.6 Å². The van der Waals surface area contributed by atoms with Crippen LogP contribution in [0.15, 0.2) is 72.8 Å². The van der Waals surface area contributed by atoms with Crippen molar-refractivity contribution in [3.63, 3.8) is 0 Å². The number of benzene rings is 3. The average Bonchev–Trinajstić information content (AvgIpc) is 3.25. The Morgan fingerprint density at radius 1 is 0.875 bits per heavy atom. The Morgan fingerprint density at radius 3 is 2.53 bits per heavy atom. The van der Waals surface area contributed by atoms with E-state index in [0.29, 0.717) is 0 Å². The monoisotopic (exact) mass is 441 g/mol. The Morgan fingerprint density at radius 2 is 1.66 bits per heavy atom. The number of para-hydroxylation sites is 1. The van der Waals surface area contributed by atoms with E-state index in [1.165, 1.54) is 58.4 Å². The van der Waals surface area contributed by atoms with Crippen LogP contribution in [0, 0.1) is 0 Å². The number of thiophene rings is 1. The molecule has 4 heteroatoms. The van der Waals surface area contributed by atoms with Gasteiger partial charge in [-0.1, -0.05) is 48.9 Å². The molecule has 6 rings (SSSR count). The highest BCUT2D eigenvalue weighted by atomic mass is 32.1. The molecule has 0 amide bonds. The van der Waals surface area contributed by atoms with Gasteiger partial charge in [0.05, 0.1) is 0 Å². The fourth-order valence-corrected chi connectivity index (χ4v) is 6.18. The Kier molecular flexibility index (Phi) is 5.34. The number of fused-ring (bicyclic) bond motifs is 5. The summed E-state index contributed by atoms with van der Waals surface area (Å²) in [5.74, 6) is 1.88. The van der Waals surface area contributed by atoms with Gasteiger partial charge in [0.1, 0.15) is 18.1 Å². The summed E-state index contributed by atoms with van der Waals surface area (Å²) in [7, 11) is 0. The van der Waals surface area contributed by atoms with E-state index in [-0.39, 0.29) is 6.10 Å². The molecule has 32 heavy (non-hydrogen) atoms. The van der Waals surface area contributed by atoms with Gasteiger partial charge in [-0.15, -0.1) is 11.3 Å². The van der Waals surface area contributed by atoms with Crippen LogP contribution in [0.5, 0.6) is 11.5 Å². The van der Waals surface area contributed by atoms with E-state index in [4.69, 9.17) is 9.47 Å². The van der Waals surface area contributed by atoms with Crippen LogP contribution in [0.1, 0.15) is 36.5 Å². The molecule has 0 unspecified atom stereocenters. The van der Waals surface area contributed by atoms with Gasteiger partial charge in [0.15, 0.2) is 6.10 Å². The van der Waals surface area contributed by atoms with E-state index >= 15 is 0 Å². The number of piperidine rings is 1. The standard InChI is InChI=1S/C28H27NO2S/c1-6-16-29(17-7-1)18-19-30-21-14-12-20(13-15-21)27-26-23-9-3-5-11-25(23)32-28(26)22-8-2-4-10-24(22)31-27/h2-5,8-15,27H,1,6-7,16-19H2/t27-/m0/s1. The molecule has 3 aromatic carbocycles. The minimum Gasteiger partial charge on any atom is -0.492 e. The van der Waals surface area contributed by atoms with Gasteiger partial charge in [0.2, 0.25) is 0 Å². The first-order valence-corrected chi connectivity index (χ1v) is 12.4. The molecule has 162 valence electrons. The number of likely N-dealkylation sites (tertiary alicyclic amines) is 1. The van der Waals surface area contributed by atoms with E-state index in [9.17, 15) is 0 Å². The van der Waals surface area contributed by atoms with Crippen LogP contribution in [-0.2, 0) is 0 Å². The number of nitrogens with zero attached hydrogens (tertiary/aromatic N) is 1. The quantitative estimate of drug-likeness (QED) is 0.336. The van der Waals surface area contributed by atoms with E-state index in [1.54, 1.807) is 0 Å². The lowest BCUT2D eigenvalue weighted by atomic mass is 9.93. The molecule has 0 aliphatic carbocycles. The highest BCUT2D eigenvalue weighted by molar-refractivity contribution is 7.22. The zero-order valence-corrected chi connectivity index (χ0v) is 18.9. The first kappa shape index (κ1) is 19.8. The maximum Gasteiger partial charge on any atom is 0.151 e. The molecule has 0 N–H and O–H groups in total. The Labute approximate surface area is 193 Å². The topological polar surface area (TPSA) is 21.7 Å². The molecule has 1 atom stereocenters. The van der Waals surface area contributed by atoms with Gasteiger partial charge < -0.3 is 9.47 Å². The maximum absolute atomic E-state index is 6.57. The highest BCUT2D eigenvalue weighted by Gasteiger charge is 2.31. The van der Waals surface area contributed by atoms with Gasteiger partial charge in [-0.3, -0.25) is 4.90 Å². The summed E-state index contributed by atoms with van der Waals surface area (Å²) in [6.07, 6.45) is 3.89. The van der Waals surface area contributed by atoms with Gasteiger partial charge in [-0.25, -0.2) is 0 Å². The fourth-order valence-electron chi connectivity index (χ4n) is 4.92. The highest BCUT2D eigenvalue weighted by Crippen LogP contribution is 2.51. The van der Waals surface area contributed by atoms with Crippen molar-refractivity contribution in [2.75, 3.05) is 26.2 Å². The van der Waals surface area contributed by atoms with Crippen LogP contribution in [0.4, 0.5) is 0 Å². The van der Waals surface area contributed by atoms with Crippen molar-refractivity contribution in [1.29, 1.82) is 0 Å². The SMILES string of the molecule is c1ccc2c(c1)O[C@@H](c1ccc(OCCN3CCCCC3)cc1)c1c-2sc2ccccc12. The van der Waals surface area contributed by atoms with E-state index in [0.717, 1.165) is 30.2 Å². The second-order valence-corrected chi connectivity index (χ2v) is 9.71. The van der Waals surface area contributed by atoms with Crippen molar-refractivity contribution in [3.8, 4) is 21.9 Å². The first-order valence-electron chi connectivity index (χ1n) is 11.6. The van der Waals surface area contributed by atoms with Crippen LogP contribution in [0.2, 0.25) is 0 Å². The number of hydrogen-bond acceptors (Lipinski definition) is 4. The molecule has 3 nitrogen and oxygen atoms in total. The molecule has 2 aliphatic heterocycles. The molecule has 0 bridgehead atoms. The van der Waals surface area contributed by atoms with Crippen molar-refractivity contribution >= 4 is 21.4 Å². The summed E-state index contributed by atoms with van der Waals surface area (Å²) in [4.78, 5) is 3.83. The largest absolute Gasteiger partial charge is 0.492 e. The van der Waals surface area contributed by atoms with Crippen molar-refractivity contribution in [2.24, 2.45) is 0 Å². The molecular weight excluding hydrogens is 414 g/mol. The van der Waals surface area contributed by atoms with Crippen LogP contribution in [0.25, 0.3) is 20.5 Å². The molecule has 1 saturated heterocycles. The van der Waals surface area contributed by atoms with Crippen LogP contribution in [-0.4, -0.2) is 31.1 Å². The van der Waals surface area contributed by atoms with Crippen molar-refractivity contribution in [2.45, 2.75) is 25.4 Å². The van der Waals surface area contributed by atoms with Crippen molar-refractivity contribution in [1.82, 2.24) is 4.90 Å². The second-order valence-electron chi connectivity index (χ2n) is 8.65. The normalized spacial score (nSPS) is 18.1. The molecular formula is C28H27NO2S. The lowest BCUT2D eigenvalue weighted by Crippen LogP contribution is -2.33. The molecule has 1 aromatic heterocycles. The van der Waals surface area contributed by atoms with Crippen molar-refractivity contribution < 1.29 is 9.47 Å². The lowest BCUT2D eigenvalue weighted by molar-refractivity contribution is 0.183. The number of ether oxygens (including phenoxy) is 2. The molecule has 3 heterocycles. The van der Waals surface area contributed by atoms with Crippen molar-refractivity contribution in [3.05, 3.63) is 83.9 Å². The number of rotatable bonds is 5. The summed E-state index contributed by atoms with van der Waals surface area (Å²) < 4.78 is 13.9. The first-order chi connectivity index (χ1) is 15.9. The summed E-state index contributed by atoms with van der Waals surface area (Å²) in [5, 5.41) is 1.29. The molecule has 0 spiro atoms. The van der Waals surface area contributed by atoms with E-state index in [2.05, 4.69) is 71.6 Å². The smallest absolute Gasteiger partial charge is 0.151 e. The zero-order chi connectivity index (χ0) is 21.3. The average molecular weight is 442 g/mol. The lowest BCUT2D eigenvalue weighted by Gasteiger charge is -2.27. The minimum atomic E-state index is -0.113. The van der Waals surface area contributed by atoms with Gasteiger partial charge in [-0.05, 0) is 61.8 Å². The molecule has 0 saturated carbocycles. The predicted octanol–water partition coefficient (Wildman–Crippen LogP) is 6.91. The van der Waals surface area contributed by atoms with Crippen LogP contribution >= 0.6 is 11.3 Å². The van der Waals surface area contributed by atoms with E-state index < -0.39 is 0 Å². The predicted molar refractivity (Wildman–Crippen MR) is 132 cm³/mol. The Bertz CT molecular complexity index is 1220. The van der Waals surface area contributed by atoms with Gasteiger partial charge in [0.25, 0.3) is 0 Å². The molecule has 4 aromatic rings. The third-order valence-electron chi connectivity index (χ3n) is 6.58. The summed E-state index contributed by atoms with van der Waals surface area (Å²) >= 11 is 1.86. The third kappa shape index (κ3) is 3.68. The Hall–Kier alpha value is -2.82. The fraction of sp³-hybridized carbons (Fsp3) is 0.286. The zero-order valence-electron chi connectivity index (χ0n) is 18.1. The van der Waals surface area contributed by atoms with E-state index in [1.807, 2.05) is 17.4 Å². The van der Waals surface area contributed by atoms with Gasteiger partial charge in [-0.2, -0.15) is 0 Å². The Balaban J connectivity index is 1.26. The maximum atomic E-state index is 6.57. The minimum absolute atomic E-state index is 0.113. The molecule has 1 fully saturated rings.